The number of urea groups is 1. The van der Waals surface area contributed by atoms with Crippen molar-refractivity contribution in [1.29, 1.82) is 0 Å². The first-order valence-corrected chi connectivity index (χ1v) is 16.4. The average molecular weight is 645 g/mol. The van der Waals surface area contributed by atoms with Crippen LogP contribution in [-0.4, -0.2) is 91.1 Å². The number of nitrogens with one attached hydrogen (secondary N) is 3. The fourth-order valence-corrected chi connectivity index (χ4v) is 7.32. The highest BCUT2D eigenvalue weighted by Crippen LogP contribution is 2.40. The molecule has 5 heterocycles. The van der Waals surface area contributed by atoms with Crippen LogP contribution in [0.5, 0.6) is 0 Å². The first-order valence-electron chi connectivity index (χ1n) is 16.0. The predicted molar refractivity (Wildman–Crippen MR) is 179 cm³/mol. The van der Waals surface area contributed by atoms with Gasteiger partial charge in [0.2, 0.25) is 0 Å². The Morgan fingerprint density at radius 3 is 2.43 bits per heavy atom. The Labute approximate surface area is 274 Å². The number of amides is 4. The van der Waals surface area contributed by atoms with Gasteiger partial charge in [0.05, 0.1) is 22.4 Å². The van der Waals surface area contributed by atoms with Crippen molar-refractivity contribution >= 4 is 40.8 Å². The molecule has 2 aromatic heterocycles. The molecule has 1 aromatic carbocycles. The van der Waals surface area contributed by atoms with Crippen LogP contribution < -0.4 is 25.8 Å². The summed E-state index contributed by atoms with van der Waals surface area (Å²) in [5.41, 5.74) is 3.52. The Morgan fingerprint density at radius 2 is 1.72 bits per heavy atom. The highest BCUT2D eigenvalue weighted by Gasteiger charge is 2.44. The van der Waals surface area contributed by atoms with Crippen LogP contribution in [-0.2, 0) is 5.41 Å². The van der Waals surface area contributed by atoms with Crippen LogP contribution in [0.1, 0.15) is 59.1 Å². The number of nitrogens with zero attached hydrogens (tertiary/aromatic N) is 5. The SMILES string of the molecule is CC[C@]1(c2ccccc2)CCN(c2cnc(C(=O)NCCN3CC4(CCN(c5ccnc(C(=O)NC)c5)CC4)NC3=O)c(Cl)c2)C1. The Kier molecular flexibility index (Phi) is 9.04. The molecule has 0 unspecified atom stereocenters. The molecule has 3 aliphatic rings. The Balaban J connectivity index is 0.995. The minimum Gasteiger partial charge on any atom is -0.371 e. The van der Waals surface area contributed by atoms with Crippen molar-refractivity contribution in [3.8, 4) is 0 Å². The normalized spacial score (nSPS) is 20.6. The van der Waals surface area contributed by atoms with E-state index in [2.05, 4.69) is 66.9 Å². The topological polar surface area (TPSA) is 123 Å². The van der Waals surface area contributed by atoms with Crippen molar-refractivity contribution in [2.45, 2.75) is 43.6 Å². The van der Waals surface area contributed by atoms with E-state index in [4.69, 9.17) is 11.6 Å². The number of benzene rings is 1. The number of pyridine rings is 2. The maximum atomic E-state index is 13.0. The molecule has 0 aliphatic carbocycles. The van der Waals surface area contributed by atoms with Gasteiger partial charge in [-0.15, -0.1) is 0 Å². The molecule has 11 nitrogen and oxygen atoms in total. The minimum absolute atomic E-state index is 0.0821. The van der Waals surface area contributed by atoms with Crippen LogP contribution in [0.15, 0.2) is 60.9 Å². The maximum Gasteiger partial charge on any atom is 0.318 e. The molecular weight excluding hydrogens is 604 g/mol. The quantitative estimate of drug-likeness (QED) is 0.324. The molecule has 0 radical (unpaired) electrons. The third kappa shape index (κ3) is 6.33. The van der Waals surface area contributed by atoms with Gasteiger partial charge in [-0.25, -0.2) is 9.78 Å². The van der Waals surface area contributed by atoms with E-state index in [1.807, 2.05) is 18.2 Å². The Hall–Kier alpha value is -4.38. The van der Waals surface area contributed by atoms with Crippen molar-refractivity contribution < 1.29 is 14.4 Å². The summed E-state index contributed by atoms with van der Waals surface area (Å²) in [7, 11) is 1.59. The molecule has 242 valence electrons. The zero-order chi connectivity index (χ0) is 32.3. The number of hydrogen-bond donors (Lipinski definition) is 3. The number of rotatable bonds is 9. The molecule has 0 bridgehead atoms. The van der Waals surface area contributed by atoms with Gasteiger partial charge in [0, 0.05) is 70.2 Å². The molecular formula is C34H41ClN8O3. The standard InChI is InChI=1S/C34H41ClN8O3/c1-3-33(24-7-5-4-6-8-24)10-15-42(22-33)26-19-27(35)29(39-21-26)31(45)38-14-18-43-23-34(40-32(43)46)11-16-41(17-12-34)25-9-13-37-28(20-25)30(44)36-2/h4-9,13,19-21H,3,10-12,14-18,22-23H2,1-2H3,(H,36,44)(H,38,45)(H,40,46)/t33-/m0/s1. The second-order valence-corrected chi connectivity index (χ2v) is 13.0. The van der Waals surface area contributed by atoms with Gasteiger partial charge in [0.25, 0.3) is 11.8 Å². The van der Waals surface area contributed by atoms with Gasteiger partial charge >= 0.3 is 6.03 Å². The van der Waals surface area contributed by atoms with E-state index in [0.29, 0.717) is 23.8 Å². The molecule has 1 spiro atoms. The van der Waals surface area contributed by atoms with E-state index in [1.165, 1.54) is 5.56 Å². The summed E-state index contributed by atoms with van der Waals surface area (Å²) < 4.78 is 0. The first-order chi connectivity index (χ1) is 22.2. The number of carbonyl (C=O) groups excluding carboxylic acids is 3. The molecule has 3 fully saturated rings. The smallest absolute Gasteiger partial charge is 0.318 e. The zero-order valence-electron chi connectivity index (χ0n) is 26.4. The van der Waals surface area contributed by atoms with Gasteiger partial charge in [-0.3, -0.25) is 14.6 Å². The van der Waals surface area contributed by atoms with Crippen LogP contribution >= 0.6 is 11.6 Å². The van der Waals surface area contributed by atoms with Crippen molar-refractivity contribution in [2.24, 2.45) is 0 Å². The molecule has 3 N–H and O–H groups in total. The maximum absolute atomic E-state index is 13.0. The van der Waals surface area contributed by atoms with Gasteiger partial charge in [-0.05, 0) is 49.4 Å². The number of anilines is 2. The van der Waals surface area contributed by atoms with Crippen molar-refractivity contribution in [3.05, 3.63) is 82.9 Å². The lowest BCUT2D eigenvalue weighted by Gasteiger charge is -2.39. The summed E-state index contributed by atoms with van der Waals surface area (Å²) in [5.74, 6) is -0.582. The van der Waals surface area contributed by atoms with E-state index < -0.39 is 0 Å². The third-order valence-electron chi connectivity index (χ3n) is 9.93. The number of aromatic nitrogens is 2. The van der Waals surface area contributed by atoms with Crippen LogP contribution in [0.25, 0.3) is 0 Å². The molecule has 3 aliphatic heterocycles. The van der Waals surface area contributed by atoms with Gasteiger partial charge in [0.15, 0.2) is 0 Å². The molecule has 0 saturated carbocycles. The van der Waals surface area contributed by atoms with Crippen LogP contribution in [0.3, 0.4) is 0 Å². The van der Waals surface area contributed by atoms with Gasteiger partial charge in [0.1, 0.15) is 11.4 Å². The fraction of sp³-hybridized carbons (Fsp3) is 0.441. The second kappa shape index (κ2) is 13.2. The molecule has 3 aromatic rings. The summed E-state index contributed by atoms with van der Waals surface area (Å²) >= 11 is 6.59. The lowest BCUT2D eigenvalue weighted by Crippen LogP contribution is -2.52. The molecule has 46 heavy (non-hydrogen) atoms. The summed E-state index contributed by atoms with van der Waals surface area (Å²) in [6.07, 6.45) is 7.00. The number of piperidine rings is 1. The molecule has 1 atom stereocenters. The Morgan fingerprint density at radius 1 is 0.957 bits per heavy atom. The average Bonchev–Trinajstić information content (AvgIpc) is 3.66. The van der Waals surface area contributed by atoms with E-state index in [0.717, 1.165) is 63.2 Å². The lowest BCUT2D eigenvalue weighted by molar-refractivity contribution is 0.0941. The largest absolute Gasteiger partial charge is 0.371 e. The summed E-state index contributed by atoms with van der Waals surface area (Å²) in [6, 6.07) is 16.0. The molecule has 3 saturated heterocycles. The second-order valence-electron chi connectivity index (χ2n) is 12.5. The van der Waals surface area contributed by atoms with Crippen molar-refractivity contribution in [3.63, 3.8) is 0 Å². The van der Waals surface area contributed by atoms with E-state index in [9.17, 15) is 14.4 Å². The van der Waals surface area contributed by atoms with Gasteiger partial charge in [-0.2, -0.15) is 0 Å². The van der Waals surface area contributed by atoms with Crippen LogP contribution in [0, 0.1) is 0 Å². The highest BCUT2D eigenvalue weighted by atomic mass is 35.5. The Bertz CT molecular complexity index is 1600. The lowest BCUT2D eigenvalue weighted by atomic mass is 9.77. The minimum atomic E-state index is -0.360. The highest BCUT2D eigenvalue weighted by molar-refractivity contribution is 6.33. The van der Waals surface area contributed by atoms with Gasteiger partial charge < -0.3 is 30.7 Å². The first kappa shape index (κ1) is 31.6. The third-order valence-corrected chi connectivity index (χ3v) is 10.2. The fourth-order valence-electron chi connectivity index (χ4n) is 7.08. The summed E-state index contributed by atoms with van der Waals surface area (Å²) in [4.78, 5) is 52.7. The van der Waals surface area contributed by atoms with Crippen LogP contribution in [0.4, 0.5) is 16.2 Å². The van der Waals surface area contributed by atoms with Crippen molar-refractivity contribution in [2.75, 3.05) is 62.7 Å². The molecule has 6 rings (SSSR count). The molecule has 4 amide bonds. The van der Waals surface area contributed by atoms with E-state index >= 15 is 0 Å². The number of halogens is 1. The van der Waals surface area contributed by atoms with Crippen molar-refractivity contribution in [1.82, 2.24) is 30.8 Å². The summed E-state index contributed by atoms with van der Waals surface area (Å²) in [6.45, 7) is 6.72. The van der Waals surface area contributed by atoms with Crippen LogP contribution in [0.2, 0.25) is 5.02 Å². The number of carbonyl (C=O) groups is 3. The summed E-state index contributed by atoms with van der Waals surface area (Å²) in [5, 5.41) is 9.00. The monoisotopic (exact) mass is 644 g/mol. The van der Waals surface area contributed by atoms with E-state index in [1.54, 1.807) is 30.4 Å². The molecule has 12 heteroatoms. The number of hydrogen-bond acceptors (Lipinski definition) is 7. The zero-order valence-corrected chi connectivity index (χ0v) is 27.1. The van der Waals surface area contributed by atoms with E-state index in [-0.39, 0.29) is 41.0 Å². The van der Waals surface area contributed by atoms with Gasteiger partial charge in [-0.1, -0.05) is 48.9 Å². The predicted octanol–water partition coefficient (Wildman–Crippen LogP) is 3.84.